The molecule has 0 saturated heterocycles. The number of halogens is 1. The molecule has 3 heterocycles. The largest absolute Gasteiger partial charge is 0.452 e. The average Bonchev–Trinajstić information content (AvgIpc) is 3.29. The number of para-hydroxylation sites is 1. The Labute approximate surface area is 167 Å². The van der Waals surface area contributed by atoms with E-state index in [1.54, 1.807) is 6.92 Å². The second-order valence-electron chi connectivity index (χ2n) is 5.90. The molecule has 0 spiro atoms. The molecule has 27 heavy (non-hydrogen) atoms. The van der Waals surface area contributed by atoms with Crippen molar-refractivity contribution < 1.29 is 13.9 Å². The molecule has 0 unspecified atom stereocenters. The minimum atomic E-state index is -0.457. The third-order valence-corrected chi connectivity index (χ3v) is 5.73. The standard InChI is InChI=1S/C19H14BrN3O3S/c1-10-12-5-3-4-6-13(12)21-11(2)17(10)19(24)25-9-16-22-23-18(26-16)14-7-8-15(20)27-14/h3-8H,9H2,1-2H3. The summed E-state index contributed by atoms with van der Waals surface area (Å²) in [6.07, 6.45) is 0. The van der Waals surface area contributed by atoms with Crippen LogP contribution in [0.2, 0.25) is 0 Å². The summed E-state index contributed by atoms with van der Waals surface area (Å²) in [5, 5.41) is 8.87. The van der Waals surface area contributed by atoms with E-state index in [4.69, 9.17) is 9.15 Å². The van der Waals surface area contributed by atoms with E-state index in [2.05, 4.69) is 31.1 Å². The van der Waals surface area contributed by atoms with E-state index in [1.807, 2.05) is 43.3 Å². The maximum absolute atomic E-state index is 12.6. The maximum Gasteiger partial charge on any atom is 0.340 e. The van der Waals surface area contributed by atoms with Crippen molar-refractivity contribution in [2.24, 2.45) is 0 Å². The molecule has 0 saturated carbocycles. The van der Waals surface area contributed by atoms with Crippen LogP contribution in [0.15, 0.2) is 44.6 Å². The van der Waals surface area contributed by atoms with Crippen LogP contribution in [0.1, 0.15) is 27.5 Å². The number of aromatic nitrogens is 3. The van der Waals surface area contributed by atoms with Gasteiger partial charge >= 0.3 is 5.97 Å². The third-order valence-electron chi connectivity index (χ3n) is 4.11. The van der Waals surface area contributed by atoms with Crippen LogP contribution >= 0.6 is 27.3 Å². The van der Waals surface area contributed by atoms with Crippen molar-refractivity contribution in [3.63, 3.8) is 0 Å². The molecule has 1 aromatic carbocycles. The summed E-state index contributed by atoms with van der Waals surface area (Å²) in [7, 11) is 0. The van der Waals surface area contributed by atoms with E-state index in [1.165, 1.54) is 11.3 Å². The van der Waals surface area contributed by atoms with Gasteiger partial charge in [-0.3, -0.25) is 4.98 Å². The fourth-order valence-corrected chi connectivity index (χ4v) is 4.18. The van der Waals surface area contributed by atoms with Gasteiger partial charge in [0.05, 0.1) is 25.4 Å². The number of fused-ring (bicyclic) bond motifs is 1. The number of aryl methyl sites for hydroxylation is 2. The topological polar surface area (TPSA) is 78.1 Å². The Morgan fingerprint density at radius 3 is 2.78 bits per heavy atom. The van der Waals surface area contributed by atoms with Crippen molar-refractivity contribution in [2.45, 2.75) is 20.5 Å². The molecule has 0 amide bonds. The lowest BCUT2D eigenvalue weighted by atomic mass is 10.0. The van der Waals surface area contributed by atoms with Gasteiger partial charge in [0.15, 0.2) is 6.61 Å². The summed E-state index contributed by atoms with van der Waals surface area (Å²) >= 11 is 4.88. The van der Waals surface area contributed by atoms with Crippen LogP contribution in [0.5, 0.6) is 0 Å². The number of rotatable bonds is 4. The van der Waals surface area contributed by atoms with E-state index in [0.717, 1.165) is 25.1 Å². The zero-order valence-electron chi connectivity index (χ0n) is 14.5. The normalized spacial score (nSPS) is 11.1. The van der Waals surface area contributed by atoms with Crippen molar-refractivity contribution in [1.82, 2.24) is 15.2 Å². The highest BCUT2D eigenvalue weighted by Crippen LogP contribution is 2.30. The Hall–Kier alpha value is -2.58. The zero-order chi connectivity index (χ0) is 19.0. The first-order valence-corrected chi connectivity index (χ1v) is 9.75. The second kappa shape index (κ2) is 7.21. The van der Waals surface area contributed by atoms with Crippen molar-refractivity contribution in [1.29, 1.82) is 0 Å². The molecule has 0 aliphatic rings. The van der Waals surface area contributed by atoms with Crippen LogP contribution in [0.3, 0.4) is 0 Å². The molecule has 8 heteroatoms. The molecule has 3 aromatic heterocycles. The van der Waals surface area contributed by atoms with Gasteiger partial charge in [-0.2, -0.15) is 0 Å². The molecule has 0 bridgehead atoms. The summed E-state index contributed by atoms with van der Waals surface area (Å²) in [6.45, 7) is 3.60. The minimum Gasteiger partial charge on any atom is -0.452 e. The number of nitrogens with zero attached hydrogens (tertiary/aromatic N) is 3. The van der Waals surface area contributed by atoms with Crippen LogP contribution in [-0.2, 0) is 11.3 Å². The van der Waals surface area contributed by atoms with Gasteiger partial charge in [0.1, 0.15) is 0 Å². The lowest BCUT2D eigenvalue weighted by molar-refractivity contribution is 0.0436. The van der Waals surface area contributed by atoms with Gasteiger partial charge in [-0.1, -0.05) is 18.2 Å². The first-order chi connectivity index (χ1) is 13.0. The molecule has 0 radical (unpaired) electrons. The predicted octanol–water partition coefficient (Wildman–Crippen LogP) is 5.08. The number of carbonyl (C=O) groups excluding carboxylic acids is 1. The molecule has 0 aliphatic carbocycles. The Balaban J connectivity index is 1.53. The number of benzene rings is 1. The van der Waals surface area contributed by atoms with Crippen LogP contribution in [0.4, 0.5) is 0 Å². The highest BCUT2D eigenvalue weighted by Gasteiger charge is 2.19. The Bertz CT molecular complexity index is 1150. The molecular weight excluding hydrogens is 430 g/mol. The SMILES string of the molecule is Cc1nc2ccccc2c(C)c1C(=O)OCc1nnc(-c2ccc(Br)s2)o1. The first-order valence-electron chi connectivity index (χ1n) is 8.14. The lowest BCUT2D eigenvalue weighted by Crippen LogP contribution is -2.11. The van der Waals surface area contributed by atoms with Gasteiger partial charge in [-0.15, -0.1) is 21.5 Å². The van der Waals surface area contributed by atoms with E-state index < -0.39 is 5.97 Å². The van der Waals surface area contributed by atoms with Gasteiger partial charge in [0.25, 0.3) is 11.8 Å². The summed E-state index contributed by atoms with van der Waals surface area (Å²) in [5.41, 5.74) is 2.80. The lowest BCUT2D eigenvalue weighted by Gasteiger charge is -2.11. The number of ether oxygens (including phenoxy) is 1. The second-order valence-corrected chi connectivity index (χ2v) is 8.36. The van der Waals surface area contributed by atoms with Gasteiger partial charge in [0.2, 0.25) is 0 Å². The number of carbonyl (C=O) groups is 1. The smallest absolute Gasteiger partial charge is 0.340 e. The highest BCUT2D eigenvalue weighted by molar-refractivity contribution is 9.11. The summed E-state index contributed by atoms with van der Waals surface area (Å²) in [6, 6.07) is 11.5. The number of pyridine rings is 1. The van der Waals surface area contributed by atoms with Gasteiger partial charge < -0.3 is 9.15 Å². The molecule has 4 rings (SSSR count). The maximum atomic E-state index is 12.6. The molecular formula is C19H14BrN3O3S. The van der Waals surface area contributed by atoms with Gasteiger partial charge in [0, 0.05) is 5.39 Å². The van der Waals surface area contributed by atoms with Gasteiger partial charge in [-0.25, -0.2) is 4.79 Å². The zero-order valence-corrected chi connectivity index (χ0v) is 16.9. The molecule has 4 aromatic rings. The van der Waals surface area contributed by atoms with Crippen molar-refractivity contribution in [3.05, 3.63) is 62.9 Å². The van der Waals surface area contributed by atoms with Crippen LogP contribution < -0.4 is 0 Å². The van der Waals surface area contributed by atoms with E-state index in [-0.39, 0.29) is 12.5 Å². The first kappa shape index (κ1) is 17.8. The summed E-state index contributed by atoms with van der Waals surface area (Å²) in [5.74, 6) is 0.185. The molecule has 0 fully saturated rings. The van der Waals surface area contributed by atoms with Crippen LogP contribution in [0, 0.1) is 13.8 Å². The molecule has 0 N–H and O–H groups in total. The summed E-state index contributed by atoms with van der Waals surface area (Å²) in [4.78, 5) is 18.0. The van der Waals surface area contributed by atoms with Crippen LogP contribution in [-0.4, -0.2) is 21.2 Å². The highest BCUT2D eigenvalue weighted by atomic mass is 79.9. The number of hydrogen-bond acceptors (Lipinski definition) is 7. The summed E-state index contributed by atoms with van der Waals surface area (Å²) < 4.78 is 11.9. The van der Waals surface area contributed by atoms with E-state index >= 15 is 0 Å². The van der Waals surface area contributed by atoms with E-state index in [9.17, 15) is 4.79 Å². The number of thiophene rings is 1. The number of esters is 1. The Morgan fingerprint density at radius 2 is 2.00 bits per heavy atom. The Morgan fingerprint density at radius 1 is 1.19 bits per heavy atom. The van der Waals surface area contributed by atoms with Crippen LogP contribution in [0.25, 0.3) is 21.7 Å². The monoisotopic (exact) mass is 443 g/mol. The van der Waals surface area contributed by atoms with Gasteiger partial charge in [-0.05, 0) is 53.5 Å². The molecule has 0 aliphatic heterocycles. The average molecular weight is 444 g/mol. The van der Waals surface area contributed by atoms with Crippen molar-refractivity contribution in [2.75, 3.05) is 0 Å². The Kier molecular flexibility index (Phi) is 4.75. The minimum absolute atomic E-state index is 0.0932. The van der Waals surface area contributed by atoms with E-state index in [0.29, 0.717) is 17.1 Å². The number of hydrogen-bond donors (Lipinski definition) is 0. The fraction of sp³-hybridized carbons (Fsp3) is 0.158. The molecule has 0 atom stereocenters. The van der Waals surface area contributed by atoms with Crippen molar-refractivity contribution >= 4 is 44.1 Å². The predicted molar refractivity (Wildman–Crippen MR) is 106 cm³/mol. The third kappa shape index (κ3) is 3.50. The fourth-order valence-electron chi connectivity index (χ4n) is 2.87. The molecule has 136 valence electrons. The quantitative estimate of drug-likeness (QED) is 0.409. The van der Waals surface area contributed by atoms with Crippen molar-refractivity contribution in [3.8, 4) is 10.8 Å². The molecule has 6 nitrogen and oxygen atoms in total.